The first-order valence-electron chi connectivity index (χ1n) is 7.36. The summed E-state index contributed by atoms with van der Waals surface area (Å²) in [4.78, 5) is 14.5. The van der Waals surface area contributed by atoms with Gasteiger partial charge in [-0.2, -0.15) is 0 Å². The molecule has 4 heteroatoms. The Bertz CT molecular complexity index is 279. The summed E-state index contributed by atoms with van der Waals surface area (Å²) in [6, 6.07) is 0. The molecule has 2 N–H and O–H groups in total. The van der Waals surface area contributed by atoms with Gasteiger partial charge < -0.3 is 15.5 Å². The van der Waals surface area contributed by atoms with Gasteiger partial charge in [-0.3, -0.25) is 4.79 Å². The number of hydrogen-bond donors (Lipinski definition) is 2. The summed E-state index contributed by atoms with van der Waals surface area (Å²) in [6.07, 6.45) is 4.66. The number of amides is 1. The van der Waals surface area contributed by atoms with Gasteiger partial charge in [0, 0.05) is 13.1 Å². The number of hydrogen-bond acceptors (Lipinski definition) is 3. The van der Waals surface area contributed by atoms with E-state index >= 15 is 0 Å². The van der Waals surface area contributed by atoms with Crippen LogP contribution in [0.15, 0.2) is 0 Å². The molecule has 2 aliphatic rings. The quantitative estimate of drug-likeness (QED) is 0.785. The Balaban J connectivity index is 1.64. The third-order valence-corrected chi connectivity index (χ3v) is 4.46. The van der Waals surface area contributed by atoms with E-state index < -0.39 is 0 Å². The molecule has 0 saturated carbocycles. The van der Waals surface area contributed by atoms with Gasteiger partial charge >= 0.3 is 0 Å². The minimum Gasteiger partial charge on any atom is -0.353 e. The summed E-state index contributed by atoms with van der Waals surface area (Å²) in [5.41, 5.74) is -0.323. The van der Waals surface area contributed by atoms with Crippen LogP contribution >= 0.6 is 0 Å². The van der Waals surface area contributed by atoms with Crippen molar-refractivity contribution in [3.8, 4) is 0 Å². The lowest BCUT2D eigenvalue weighted by Gasteiger charge is -2.30. The molecule has 0 aromatic heterocycles. The zero-order valence-corrected chi connectivity index (χ0v) is 11.8. The molecule has 0 aromatic rings. The number of nitrogens with one attached hydrogen (secondary N) is 2. The molecule has 2 rings (SSSR count). The molecule has 1 amide bonds. The van der Waals surface area contributed by atoms with E-state index in [9.17, 15) is 4.79 Å². The van der Waals surface area contributed by atoms with Gasteiger partial charge in [-0.25, -0.2) is 0 Å². The molecule has 0 radical (unpaired) electrons. The number of piperidine rings is 1. The summed E-state index contributed by atoms with van der Waals surface area (Å²) in [5, 5.41) is 6.38. The highest BCUT2D eigenvalue weighted by atomic mass is 16.2. The van der Waals surface area contributed by atoms with Crippen molar-refractivity contribution in [2.45, 2.75) is 45.1 Å². The van der Waals surface area contributed by atoms with Gasteiger partial charge in [-0.1, -0.05) is 6.92 Å². The molecule has 0 spiro atoms. The number of rotatable bonds is 4. The van der Waals surface area contributed by atoms with Gasteiger partial charge in [0.2, 0.25) is 5.91 Å². The van der Waals surface area contributed by atoms with Gasteiger partial charge in [0.25, 0.3) is 0 Å². The zero-order valence-electron chi connectivity index (χ0n) is 11.8. The van der Waals surface area contributed by atoms with E-state index in [1.807, 2.05) is 6.92 Å². The van der Waals surface area contributed by atoms with Crippen LogP contribution in [0.1, 0.15) is 39.5 Å². The summed E-state index contributed by atoms with van der Waals surface area (Å²) in [5.74, 6) is 1.04. The van der Waals surface area contributed by atoms with Crippen molar-refractivity contribution in [1.29, 1.82) is 0 Å². The molecule has 1 atom stereocenters. The summed E-state index contributed by atoms with van der Waals surface area (Å²) in [6.45, 7) is 9.45. The van der Waals surface area contributed by atoms with Crippen LogP contribution in [0.4, 0.5) is 0 Å². The minimum absolute atomic E-state index is 0.172. The zero-order chi connectivity index (χ0) is 13.0. The second kappa shape index (κ2) is 6.02. The highest BCUT2D eigenvalue weighted by Gasteiger charge is 2.35. The topological polar surface area (TPSA) is 44.4 Å². The van der Waals surface area contributed by atoms with Crippen molar-refractivity contribution in [2.24, 2.45) is 5.92 Å². The van der Waals surface area contributed by atoms with Gasteiger partial charge in [-0.15, -0.1) is 0 Å². The highest BCUT2D eigenvalue weighted by Crippen LogP contribution is 2.18. The summed E-state index contributed by atoms with van der Waals surface area (Å²) >= 11 is 0. The first kappa shape index (κ1) is 13.8. The molecule has 18 heavy (non-hydrogen) atoms. The van der Waals surface area contributed by atoms with Crippen LogP contribution in [0.25, 0.3) is 0 Å². The van der Waals surface area contributed by atoms with Crippen LogP contribution in [-0.2, 0) is 4.79 Å². The fourth-order valence-corrected chi connectivity index (χ4v) is 2.90. The predicted octanol–water partition coefficient (Wildman–Crippen LogP) is 0.977. The molecule has 2 aliphatic heterocycles. The molecule has 1 unspecified atom stereocenters. The van der Waals surface area contributed by atoms with E-state index in [-0.39, 0.29) is 11.4 Å². The van der Waals surface area contributed by atoms with Gasteiger partial charge in [0.05, 0.1) is 5.54 Å². The molecular weight excluding hydrogens is 226 g/mol. The number of nitrogens with zero attached hydrogens (tertiary/aromatic N) is 1. The van der Waals surface area contributed by atoms with Crippen molar-refractivity contribution in [2.75, 3.05) is 32.7 Å². The fourth-order valence-electron chi connectivity index (χ4n) is 2.90. The van der Waals surface area contributed by atoms with Crippen LogP contribution in [0.2, 0.25) is 0 Å². The molecule has 4 nitrogen and oxygen atoms in total. The number of likely N-dealkylation sites (tertiary alicyclic amines) is 1. The SMILES string of the molecule is CC1CCN(CCNC(=O)C2(C)CCCN2)CC1. The van der Waals surface area contributed by atoms with Gasteiger partial charge in [0.1, 0.15) is 0 Å². The summed E-state index contributed by atoms with van der Waals surface area (Å²) < 4.78 is 0. The lowest BCUT2D eigenvalue weighted by atomic mass is 9.99. The van der Waals surface area contributed by atoms with Crippen LogP contribution < -0.4 is 10.6 Å². The maximum atomic E-state index is 12.1. The van der Waals surface area contributed by atoms with E-state index in [2.05, 4.69) is 22.5 Å². The average molecular weight is 253 g/mol. The monoisotopic (exact) mass is 253 g/mol. The molecular formula is C14H27N3O. The van der Waals surface area contributed by atoms with E-state index in [1.165, 1.54) is 25.9 Å². The van der Waals surface area contributed by atoms with E-state index in [0.29, 0.717) is 0 Å². The Hall–Kier alpha value is -0.610. The minimum atomic E-state index is -0.323. The number of carbonyl (C=O) groups excluding carboxylic acids is 1. The van der Waals surface area contributed by atoms with Crippen LogP contribution in [-0.4, -0.2) is 49.1 Å². The first-order chi connectivity index (χ1) is 8.60. The van der Waals surface area contributed by atoms with Crippen LogP contribution in [0.3, 0.4) is 0 Å². The van der Waals surface area contributed by atoms with E-state index in [0.717, 1.165) is 38.4 Å². The smallest absolute Gasteiger partial charge is 0.240 e. The molecule has 0 bridgehead atoms. The third kappa shape index (κ3) is 3.45. The number of carbonyl (C=O) groups is 1. The molecule has 0 aromatic carbocycles. The first-order valence-corrected chi connectivity index (χ1v) is 7.36. The van der Waals surface area contributed by atoms with Crippen LogP contribution in [0.5, 0.6) is 0 Å². The van der Waals surface area contributed by atoms with Crippen molar-refractivity contribution in [1.82, 2.24) is 15.5 Å². The largest absolute Gasteiger partial charge is 0.353 e. The van der Waals surface area contributed by atoms with Crippen molar-refractivity contribution < 1.29 is 4.79 Å². The Morgan fingerprint density at radius 1 is 1.44 bits per heavy atom. The normalized spacial score (nSPS) is 30.6. The van der Waals surface area contributed by atoms with Crippen LogP contribution in [0, 0.1) is 5.92 Å². The molecule has 2 fully saturated rings. The van der Waals surface area contributed by atoms with Gasteiger partial charge in [-0.05, 0) is 58.2 Å². The molecule has 2 heterocycles. The van der Waals surface area contributed by atoms with Crippen molar-refractivity contribution in [3.05, 3.63) is 0 Å². The maximum absolute atomic E-state index is 12.1. The Kier molecular flexibility index (Phi) is 4.62. The van der Waals surface area contributed by atoms with Crippen molar-refractivity contribution >= 4 is 5.91 Å². The Labute approximate surface area is 110 Å². The molecule has 2 saturated heterocycles. The van der Waals surface area contributed by atoms with E-state index in [1.54, 1.807) is 0 Å². The highest BCUT2D eigenvalue weighted by molar-refractivity contribution is 5.86. The fraction of sp³-hybridized carbons (Fsp3) is 0.929. The lowest BCUT2D eigenvalue weighted by molar-refractivity contribution is -0.126. The second-order valence-corrected chi connectivity index (χ2v) is 6.14. The van der Waals surface area contributed by atoms with Crippen molar-refractivity contribution in [3.63, 3.8) is 0 Å². The van der Waals surface area contributed by atoms with Gasteiger partial charge in [0.15, 0.2) is 0 Å². The van der Waals surface area contributed by atoms with E-state index in [4.69, 9.17) is 0 Å². The third-order valence-electron chi connectivity index (χ3n) is 4.46. The lowest BCUT2D eigenvalue weighted by Crippen LogP contribution is -2.52. The molecule has 0 aliphatic carbocycles. The Morgan fingerprint density at radius 2 is 2.17 bits per heavy atom. The average Bonchev–Trinajstić information content (AvgIpc) is 2.80. The summed E-state index contributed by atoms with van der Waals surface area (Å²) in [7, 11) is 0. The molecule has 104 valence electrons. The second-order valence-electron chi connectivity index (χ2n) is 6.14. The Morgan fingerprint density at radius 3 is 2.78 bits per heavy atom. The standard InChI is InChI=1S/C14H27N3O/c1-12-4-9-17(10-5-12)11-8-15-13(18)14(2)6-3-7-16-14/h12,16H,3-11H2,1-2H3,(H,15,18). The predicted molar refractivity (Wildman–Crippen MR) is 73.5 cm³/mol. The maximum Gasteiger partial charge on any atom is 0.240 e.